The van der Waals surface area contributed by atoms with Gasteiger partial charge in [-0.15, -0.1) is 0 Å². The van der Waals surface area contributed by atoms with Crippen LogP contribution in [-0.4, -0.2) is 56.3 Å². The Balaban J connectivity index is 2.47. The van der Waals surface area contributed by atoms with E-state index in [1.807, 2.05) is 0 Å². The van der Waals surface area contributed by atoms with Crippen molar-refractivity contribution in [3.05, 3.63) is 0 Å². The number of hydrogen-bond acceptors (Lipinski definition) is 7. The summed E-state index contributed by atoms with van der Waals surface area (Å²) in [5.74, 6) is 0. The molecule has 1 aliphatic heterocycles. The molecule has 9 nitrogen and oxygen atoms in total. The second-order valence-corrected chi connectivity index (χ2v) is 4.12. The average molecular weight is 245 g/mol. The molecule has 0 aromatic rings. The van der Waals surface area contributed by atoms with Crippen LogP contribution in [-0.2, 0) is 13.9 Å². The Kier molecular flexibility index (Phi) is 4.18. The van der Waals surface area contributed by atoms with Crippen molar-refractivity contribution in [2.75, 3.05) is 6.61 Å². The molecule has 0 bridgehead atoms. The Morgan fingerprint density at radius 3 is 2.33 bits per heavy atom. The first kappa shape index (κ1) is 13.0. The van der Waals surface area contributed by atoms with Gasteiger partial charge in [-0.1, -0.05) is 0 Å². The average Bonchev–Trinajstić information content (AvgIpc) is 2.40. The van der Waals surface area contributed by atoms with Crippen LogP contribution in [0.5, 0.6) is 0 Å². The lowest BCUT2D eigenvalue weighted by atomic mass is 10.1. The topological polar surface area (TPSA) is 149 Å². The van der Waals surface area contributed by atoms with Gasteiger partial charge in [-0.3, -0.25) is 0 Å². The van der Waals surface area contributed by atoms with Crippen LogP contribution in [0.1, 0.15) is 0 Å². The van der Waals surface area contributed by atoms with Crippen molar-refractivity contribution in [3.8, 4) is 0 Å². The molecule has 0 aliphatic carbocycles. The monoisotopic (exact) mass is 245 g/mol. The molecule has 4 atom stereocenters. The van der Waals surface area contributed by atoms with Crippen molar-refractivity contribution >= 4 is 7.82 Å². The molecule has 90 valence electrons. The van der Waals surface area contributed by atoms with E-state index in [0.29, 0.717) is 0 Å². The van der Waals surface area contributed by atoms with E-state index in [1.165, 1.54) is 0 Å². The molecule has 1 unspecified atom stereocenters. The summed E-state index contributed by atoms with van der Waals surface area (Å²) in [6.07, 6.45) is -5.15. The maximum absolute atomic E-state index is 10.3. The fourth-order valence-corrected chi connectivity index (χ4v) is 1.36. The van der Waals surface area contributed by atoms with Crippen LogP contribution in [0.15, 0.2) is 0 Å². The molecule has 10 heteroatoms. The number of hydrogen-bond donors (Lipinski definition) is 6. The first-order valence-electron chi connectivity index (χ1n) is 3.97. The molecule has 1 rings (SSSR count). The Morgan fingerprint density at radius 2 is 1.93 bits per heavy atom. The summed E-state index contributed by atoms with van der Waals surface area (Å²) in [6, 6.07) is 0. The van der Waals surface area contributed by atoms with Gasteiger partial charge in [0.15, 0.2) is 6.23 Å². The standard InChI is InChI=1S/C5H12NO8P/c7-1-2-3(8)4(9)5(13-2)6-14-15(10,11)12/h2-9H,1H2,(H2,10,11,12)/t2-,3-,4-,5?/m1/s1. The molecular weight excluding hydrogens is 233 g/mol. The lowest BCUT2D eigenvalue weighted by molar-refractivity contribution is -0.0837. The van der Waals surface area contributed by atoms with Gasteiger partial charge in [-0.25, -0.2) is 4.57 Å². The number of ether oxygens (including phenoxy) is 1. The highest BCUT2D eigenvalue weighted by Gasteiger charge is 2.43. The molecule has 0 radical (unpaired) electrons. The van der Waals surface area contributed by atoms with Crippen molar-refractivity contribution < 1.29 is 39.0 Å². The molecule has 0 amide bonds. The maximum Gasteiger partial charge on any atom is 0.486 e. The van der Waals surface area contributed by atoms with Gasteiger partial charge in [0.2, 0.25) is 0 Å². The Bertz CT molecular complexity index is 255. The number of aliphatic hydroxyl groups is 3. The lowest BCUT2D eigenvalue weighted by Gasteiger charge is -2.15. The van der Waals surface area contributed by atoms with E-state index in [9.17, 15) is 14.8 Å². The van der Waals surface area contributed by atoms with Gasteiger partial charge in [0.05, 0.1) is 6.61 Å². The number of hydroxylamine groups is 1. The molecule has 1 heterocycles. The van der Waals surface area contributed by atoms with Crippen molar-refractivity contribution in [3.63, 3.8) is 0 Å². The van der Waals surface area contributed by atoms with Gasteiger partial charge in [0.1, 0.15) is 18.3 Å². The third-order valence-electron chi connectivity index (χ3n) is 1.83. The largest absolute Gasteiger partial charge is 0.486 e. The molecule has 6 N–H and O–H groups in total. The second-order valence-electron chi connectivity index (χ2n) is 2.96. The van der Waals surface area contributed by atoms with E-state index in [4.69, 9.17) is 19.6 Å². The van der Waals surface area contributed by atoms with E-state index in [1.54, 1.807) is 5.48 Å². The predicted octanol–water partition coefficient (Wildman–Crippen LogP) is -2.96. The molecule has 1 fully saturated rings. The maximum atomic E-state index is 10.3. The smallest absolute Gasteiger partial charge is 0.394 e. The molecule has 15 heavy (non-hydrogen) atoms. The minimum Gasteiger partial charge on any atom is -0.394 e. The summed E-state index contributed by atoms with van der Waals surface area (Å²) in [5, 5.41) is 27.2. The van der Waals surface area contributed by atoms with E-state index >= 15 is 0 Å². The zero-order valence-corrected chi connectivity index (χ0v) is 8.32. The van der Waals surface area contributed by atoms with E-state index in [2.05, 4.69) is 4.62 Å². The predicted molar refractivity (Wildman–Crippen MR) is 44.0 cm³/mol. The zero-order valence-electron chi connectivity index (χ0n) is 7.42. The molecular formula is C5H12NO8P. The fourth-order valence-electron chi connectivity index (χ4n) is 1.12. The van der Waals surface area contributed by atoms with Crippen LogP contribution in [0.25, 0.3) is 0 Å². The highest BCUT2D eigenvalue weighted by atomic mass is 31.2. The van der Waals surface area contributed by atoms with Crippen LogP contribution in [0.3, 0.4) is 0 Å². The number of nitrogens with one attached hydrogen (secondary N) is 1. The van der Waals surface area contributed by atoms with Gasteiger partial charge in [0, 0.05) is 0 Å². The van der Waals surface area contributed by atoms with Crippen LogP contribution in [0.2, 0.25) is 0 Å². The second kappa shape index (κ2) is 4.83. The molecule has 1 aliphatic rings. The molecule has 0 aromatic carbocycles. The highest BCUT2D eigenvalue weighted by Crippen LogP contribution is 2.35. The third kappa shape index (κ3) is 3.45. The Hall–Kier alpha value is -0.0900. The fraction of sp³-hybridized carbons (Fsp3) is 1.00. The Labute approximate surface area is 84.4 Å². The first-order chi connectivity index (χ1) is 6.85. The third-order valence-corrected chi connectivity index (χ3v) is 2.17. The van der Waals surface area contributed by atoms with Crippen molar-refractivity contribution in [2.24, 2.45) is 0 Å². The zero-order chi connectivity index (χ0) is 11.6. The number of phosphoric acid groups is 1. The van der Waals surface area contributed by atoms with Gasteiger partial charge >= 0.3 is 7.82 Å². The minimum atomic E-state index is -4.74. The first-order valence-corrected chi connectivity index (χ1v) is 5.50. The summed E-state index contributed by atoms with van der Waals surface area (Å²) in [4.78, 5) is 16.7. The highest BCUT2D eigenvalue weighted by molar-refractivity contribution is 7.46. The van der Waals surface area contributed by atoms with E-state index in [-0.39, 0.29) is 0 Å². The summed E-state index contributed by atoms with van der Waals surface area (Å²) in [5.41, 5.74) is 1.76. The minimum absolute atomic E-state index is 0.535. The lowest BCUT2D eigenvalue weighted by Crippen LogP contribution is -2.40. The number of aliphatic hydroxyl groups excluding tert-OH is 3. The van der Waals surface area contributed by atoms with Crippen LogP contribution in [0.4, 0.5) is 0 Å². The SMILES string of the molecule is O=P(O)(O)ONC1O[C@H](CO)[C@@H](O)[C@H]1O. The van der Waals surface area contributed by atoms with Crippen molar-refractivity contribution in [1.29, 1.82) is 0 Å². The quantitative estimate of drug-likeness (QED) is 0.225. The van der Waals surface area contributed by atoms with E-state index in [0.717, 1.165) is 0 Å². The summed E-state index contributed by atoms with van der Waals surface area (Å²) < 4.78 is 19.0. The number of rotatable bonds is 4. The van der Waals surface area contributed by atoms with Gasteiger partial charge in [-0.05, 0) is 0 Å². The van der Waals surface area contributed by atoms with Gasteiger partial charge in [0.25, 0.3) is 0 Å². The van der Waals surface area contributed by atoms with Crippen LogP contribution in [0, 0.1) is 0 Å². The van der Waals surface area contributed by atoms with E-state index < -0.39 is 39.0 Å². The summed E-state index contributed by atoms with van der Waals surface area (Å²) >= 11 is 0. The Morgan fingerprint density at radius 1 is 1.33 bits per heavy atom. The van der Waals surface area contributed by atoms with Gasteiger partial charge < -0.3 is 29.8 Å². The van der Waals surface area contributed by atoms with Crippen LogP contribution >= 0.6 is 7.82 Å². The summed E-state index contributed by atoms with van der Waals surface area (Å²) in [6.45, 7) is -0.535. The van der Waals surface area contributed by atoms with Crippen LogP contribution < -0.4 is 5.48 Å². The molecule has 0 aromatic heterocycles. The molecule has 0 spiro atoms. The molecule has 0 saturated carbocycles. The van der Waals surface area contributed by atoms with Crippen molar-refractivity contribution in [2.45, 2.75) is 24.5 Å². The van der Waals surface area contributed by atoms with Gasteiger partial charge in [-0.2, -0.15) is 10.1 Å². The normalized spacial score (nSPS) is 37.1. The summed E-state index contributed by atoms with van der Waals surface area (Å²) in [7, 11) is -4.74. The van der Waals surface area contributed by atoms with Crippen molar-refractivity contribution in [1.82, 2.24) is 5.48 Å². The molecule has 1 saturated heterocycles.